The van der Waals surface area contributed by atoms with Gasteiger partial charge in [0, 0.05) is 30.8 Å². The lowest BCUT2D eigenvalue weighted by molar-refractivity contribution is -0.384. The van der Waals surface area contributed by atoms with Gasteiger partial charge in [-0.05, 0) is 30.3 Å². The Morgan fingerprint density at radius 1 is 1.08 bits per heavy atom. The van der Waals surface area contributed by atoms with Gasteiger partial charge in [0.15, 0.2) is 0 Å². The highest BCUT2D eigenvalue weighted by atomic mass is 35.5. The summed E-state index contributed by atoms with van der Waals surface area (Å²) in [5.41, 5.74) is 0.396. The Morgan fingerprint density at radius 3 is 2.23 bits per heavy atom. The largest absolute Gasteiger partial charge is 0.497 e. The average molecular weight is 378 g/mol. The SMILES string of the molecule is COc1ccc(C(=O)NCCNC(=O)c2ccc([N+](=O)[O-])cc2Cl)cc1. The van der Waals surface area contributed by atoms with Crippen LogP contribution in [0.25, 0.3) is 0 Å². The highest BCUT2D eigenvalue weighted by Crippen LogP contribution is 2.22. The van der Waals surface area contributed by atoms with Gasteiger partial charge in [0.05, 0.1) is 22.6 Å². The number of hydrogen-bond acceptors (Lipinski definition) is 5. The lowest BCUT2D eigenvalue weighted by atomic mass is 10.2. The summed E-state index contributed by atoms with van der Waals surface area (Å²) >= 11 is 5.89. The lowest BCUT2D eigenvalue weighted by Gasteiger charge is -2.08. The number of hydrogen-bond donors (Lipinski definition) is 2. The second-order valence-electron chi connectivity index (χ2n) is 5.16. The molecule has 0 unspecified atom stereocenters. The molecule has 2 aromatic carbocycles. The number of rotatable bonds is 7. The first-order valence-electron chi connectivity index (χ1n) is 7.56. The Bertz CT molecular complexity index is 824. The minimum atomic E-state index is -0.595. The average Bonchev–Trinajstić information content (AvgIpc) is 2.64. The van der Waals surface area contributed by atoms with E-state index >= 15 is 0 Å². The molecular weight excluding hydrogens is 362 g/mol. The highest BCUT2D eigenvalue weighted by Gasteiger charge is 2.14. The molecule has 0 aliphatic rings. The van der Waals surface area contributed by atoms with Crippen LogP contribution in [0.4, 0.5) is 5.69 Å². The van der Waals surface area contributed by atoms with Crippen LogP contribution < -0.4 is 15.4 Å². The van der Waals surface area contributed by atoms with Crippen molar-refractivity contribution in [1.29, 1.82) is 0 Å². The second kappa shape index (κ2) is 8.82. The number of nitro benzene ring substituents is 1. The first-order valence-corrected chi connectivity index (χ1v) is 7.94. The number of nitrogens with one attached hydrogen (secondary N) is 2. The fraction of sp³-hybridized carbons (Fsp3) is 0.176. The first kappa shape index (κ1) is 19.2. The number of carbonyl (C=O) groups excluding carboxylic acids is 2. The molecule has 26 heavy (non-hydrogen) atoms. The van der Waals surface area contributed by atoms with Gasteiger partial charge < -0.3 is 15.4 Å². The van der Waals surface area contributed by atoms with Crippen molar-refractivity contribution in [2.75, 3.05) is 20.2 Å². The van der Waals surface area contributed by atoms with Crippen LogP contribution in [-0.2, 0) is 0 Å². The van der Waals surface area contributed by atoms with Gasteiger partial charge in [0.25, 0.3) is 17.5 Å². The van der Waals surface area contributed by atoms with Gasteiger partial charge in [0.2, 0.25) is 0 Å². The molecule has 0 saturated carbocycles. The van der Waals surface area contributed by atoms with E-state index in [4.69, 9.17) is 16.3 Å². The summed E-state index contributed by atoms with van der Waals surface area (Å²) in [4.78, 5) is 34.1. The zero-order valence-electron chi connectivity index (χ0n) is 13.8. The third-order valence-electron chi connectivity index (χ3n) is 3.46. The highest BCUT2D eigenvalue weighted by molar-refractivity contribution is 6.34. The molecule has 2 aromatic rings. The minimum absolute atomic E-state index is 0.0148. The number of halogens is 1. The molecule has 0 aromatic heterocycles. The van der Waals surface area contributed by atoms with Gasteiger partial charge in [0.1, 0.15) is 5.75 Å². The van der Waals surface area contributed by atoms with Crippen LogP contribution >= 0.6 is 11.6 Å². The fourth-order valence-electron chi connectivity index (χ4n) is 2.09. The van der Waals surface area contributed by atoms with Crippen molar-refractivity contribution in [3.63, 3.8) is 0 Å². The van der Waals surface area contributed by atoms with E-state index in [9.17, 15) is 19.7 Å². The Hall–Kier alpha value is -3.13. The lowest BCUT2D eigenvalue weighted by Crippen LogP contribution is -2.34. The van der Waals surface area contributed by atoms with Crippen molar-refractivity contribution in [3.05, 3.63) is 68.7 Å². The molecule has 9 heteroatoms. The van der Waals surface area contributed by atoms with Crippen molar-refractivity contribution in [2.45, 2.75) is 0 Å². The molecule has 0 heterocycles. The fourth-order valence-corrected chi connectivity index (χ4v) is 2.35. The molecular formula is C17H16ClN3O5. The summed E-state index contributed by atoms with van der Waals surface area (Å²) in [6.45, 7) is 0.384. The van der Waals surface area contributed by atoms with E-state index in [-0.39, 0.29) is 35.3 Å². The molecule has 0 spiro atoms. The van der Waals surface area contributed by atoms with Crippen LogP contribution in [0.1, 0.15) is 20.7 Å². The molecule has 0 aliphatic carbocycles. The maximum Gasteiger partial charge on any atom is 0.270 e. The zero-order chi connectivity index (χ0) is 19.1. The Labute approximate surface area is 154 Å². The molecule has 0 saturated heterocycles. The van der Waals surface area contributed by atoms with Gasteiger partial charge in [-0.2, -0.15) is 0 Å². The maximum atomic E-state index is 12.0. The predicted molar refractivity (Wildman–Crippen MR) is 95.8 cm³/mol. The molecule has 2 N–H and O–H groups in total. The standard InChI is InChI=1S/C17H16ClN3O5/c1-26-13-5-2-11(3-6-13)16(22)19-8-9-20-17(23)14-7-4-12(21(24)25)10-15(14)18/h2-7,10H,8-9H2,1H3,(H,19,22)(H,20,23). The quantitative estimate of drug-likeness (QED) is 0.437. The summed E-state index contributed by atoms with van der Waals surface area (Å²) in [7, 11) is 1.54. The molecule has 2 rings (SSSR count). The Balaban J connectivity index is 1.82. The van der Waals surface area contributed by atoms with Gasteiger partial charge >= 0.3 is 0 Å². The minimum Gasteiger partial charge on any atom is -0.497 e. The van der Waals surface area contributed by atoms with Gasteiger partial charge in [-0.25, -0.2) is 0 Å². The van der Waals surface area contributed by atoms with Crippen molar-refractivity contribution in [1.82, 2.24) is 10.6 Å². The summed E-state index contributed by atoms with van der Waals surface area (Å²) in [6, 6.07) is 10.2. The van der Waals surface area contributed by atoms with E-state index < -0.39 is 10.8 Å². The molecule has 2 amide bonds. The molecule has 0 atom stereocenters. The van der Waals surface area contributed by atoms with Crippen LogP contribution in [0, 0.1) is 10.1 Å². The van der Waals surface area contributed by atoms with Crippen molar-refractivity contribution < 1.29 is 19.2 Å². The Kier molecular flexibility index (Phi) is 6.51. The molecule has 0 radical (unpaired) electrons. The van der Waals surface area contributed by atoms with E-state index in [0.29, 0.717) is 11.3 Å². The summed E-state index contributed by atoms with van der Waals surface area (Å²) in [5, 5.41) is 15.9. The smallest absolute Gasteiger partial charge is 0.270 e. The van der Waals surface area contributed by atoms with Crippen LogP contribution in [0.2, 0.25) is 5.02 Å². The van der Waals surface area contributed by atoms with Crippen molar-refractivity contribution >= 4 is 29.1 Å². The second-order valence-corrected chi connectivity index (χ2v) is 5.57. The zero-order valence-corrected chi connectivity index (χ0v) is 14.6. The predicted octanol–water partition coefficient (Wildman–Crippen LogP) is 2.42. The summed E-state index contributed by atoms with van der Waals surface area (Å²) in [5.74, 6) is -0.118. The van der Waals surface area contributed by atoms with E-state index in [2.05, 4.69) is 10.6 Å². The topological polar surface area (TPSA) is 111 Å². The summed E-state index contributed by atoms with van der Waals surface area (Å²) in [6.07, 6.45) is 0. The maximum absolute atomic E-state index is 12.0. The van der Waals surface area contributed by atoms with Gasteiger partial charge in [-0.15, -0.1) is 0 Å². The normalized spacial score (nSPS) is 10.1. The van der Waals surface area contributed by atoms with Crippen molar-refractivity contribution in [2.24, 2.45) is 0 Å². The number of ether oxygens (including phenoxy) is 1. The number of amides is 2. The van der Waals surface area contributed by atoms with E-state index in [1.165, 1.54) is 19.2 Å². The van der Waals surface area contributed by atoms with Crippen LogP contribution in [0.5, 0.6) is 5.75 Å². The van der Waals surface area contributed by atoms with E-state index in [0.717, 1.165) is 6.07 Å². The Morgan fingerprint density at radius 2 is 1.69 bits per heavy atom. The van der Waals surface area contributed by atoms with E-state index in [1.807, 2.05) is 0 Å². The third kappa shape index (κ3) is 4.93. The van der Waals surface area contributed by atoms with Gasteiger partial charge in [-0.3, -0.25) is 19.7 Å². The summed E-state index contributed by atoms with van der Waals surface area (Å²) < 4.78 is 5.02. The number of non-ortho nitro benzene ring substituents is 1. The van der Waals surface area contributed by atoms with Crippen LogP contribution in [0.15, 0.2) is 42.5 Å². The number of benzene rings is 2. The van der Waals surface area contributed by atoms with Crippen LogP contribution in [0.3, 0.4) is 0 Å². The first-order chi connectivity index (χ1) is 12.4. The number of carbonyl (C=O) groups is 2. The molecule has 136 valence electrons. The van der Waals surface area contributed by atoms with Crippen molar-refractivity contribution in [3.8, 4) is 5.75 Å². The molecule has 0 fully saturated rings. The monoisotopic (exact) mass is 377 g/mol. The number of nitrogens with zero attached hydrogens (tertiary/aromatic N) is 1. The molecule has 0 bridgehead atoms. The number of nitro groups is 1. The van der Waals surface area contributed by atoms with E-state index in [1.54, 1.807) is 24.3 Å². The number of methoxy groups -OCH3 is 1. The van der Waals surface area contributed by atoms with Gasteiger partial charge in [-0.1, -0.05) is 11.6 Å². The molecule has 8 nitrogen and oxygen atoms in total. The molecule has 0 aliphatic heterocycles. The third-order valence-corrected chi connectivity index (χ3v) is 3.77. The van der Waals surface area contributed by atoms with Crippen LogP contribution in [-0.4, -0.2) is 36.9 Å².